The summed E-state index contributed by atoms with van der Waals surface area (Å²) in [6.07, 6.45) is 3.65. The van der Waals surface area contributed by atoms with E-state index in [1.165, 1.54) is 24.0 Å². The maximum absolute atomic E-state index is 5.68. The maximum atomic E-state index is 5.68. The van der Waals surface area contributed by atoms with Crippen molar-refractivity contribution >= 4 is 0 Å². The molecule has 2 rings (SSSR count). The topological polar surface area (TPSA) is 35.2 Å². The van der Waals surface area contributed by atoms with Crippen LogP contribution in [0.25, 0.3) is 0 Å². The SMILES string of the molecule is COc1cccc(C2(CCN)CC2)c1C. The Hall–Kier alpha value is -1.02. The average molecular weight is 205 g/mol. The zero-order chi connectivity index (χ0) is 10.9. The van der Waals surface area contributed by atoms with E-state index >= 15 is 0 Å². The smallest absolute Gasteiger partial charge is 0.122 e. The van der Waals surface area contributed by atoms with Crippen molar-refractivity contribution in [2.75, 3.05) is 13.7 Å². The normalized spacial score (nSPS) is 17.5. The number of hydrogen-bond donors (Lipinski definition) is 1. The fraction of sp³-hybridized carbons (Fsp3) is 0.538. The van der Waals surface area contributed by atoms with Gasteiger partial charge in [0.2, 0.25) is 0 Å². The standard InChI is InChI=1S/C13H19NO/c1-10-11(4-3-5-12(10)15-2)13(6-7-13)8-9-14/h3-5H,6-9,14H2,1-2H3. The quantitative estimate of drug-likeness (QED) is 0.819. The van der Waals surface area contributed by atoms with Crippen LogP contribution >= 0.6 is 0 Å². The molecule has 0 aliphatic heterocycles. The van der Waals surface area contributed by atoms with Crippen molar-refractivity contribution in [2.24, 2.45) is 5.73 Å². The number of benzene rings is 1. The maximum Gasteiger partial charge on any atom is 0.122 e. The van der Waals surface area contributed by atoms with Crippen LogP contribution in [-0.2, 0) is 5.41 Å². The molecule has 0 unspecified atom stereocenters. The third kappa shape index (κ3) is 1.74. The zero-order valence-corrected chi connectivity index (χ0v) is 9.55. The fourth-order valence-electron chi connectivity index (χ4n) is 2.49. The molecule has 1 aliphatic carbocycles. The molecule has 0 amide bonds. The molecule has 15 heavy (non-hydrogen) atoms. The van der Waals surface area contributed by atoms with Crippen molar-refractivity contribution in [2.45, 2.75) is 31.6 Å². The first-order chi connectivity index (χ1) is 7.23. The van der Waals surface area contributed by atoms with Gasteiger partial charge in [0, 0.05) is 0 Å². The van der Waals surface area contributed by atoms with Crippen molar-refractivity contribution in [3.8, 4) is 5.75 Å². The predicted octanol–water partition coefficient (Wildman–Crippen LogP) is 2.38. The number of methoxy groups -OCH3 is 1. The van der Waals surface area contributed by atoms with Crippen molar-refractivity contribution < 1.29 is 4.74 Å². The van der Waals surface area contributed by atoms with Gasteiger partial charge in [-0.05, 0) is 55.3 Å². The Bertz CT molecular complexity index is 356. The summed E-state index contributed by atoms with van der Waals surface area (Å²) >= 11 is 0. The van der Waals surface area contributed by atoms with E-state index < -0.39 is 0 Å². The van der Waals surface area contributed by atoms with Crippen LogP contribution in [0.1, 0.15) is 30.4 Å². The minimum Gasteiger partial charge on any atom is -0.496 e. The van der Waals surface area contributed by atoms with Crippen LogP contribution in [0.3, 0.4) is 0 Å². The monoisotopic (exact) mass is 205 g/mol. The Morgan fingerprint density at radius 3 is 2.67 bits per heavy atom. The zero-order valence-electron chi connectivity index (χ0n) is 9.55. The van der Waals surface area contributed by atoms with E-state index in [9.17, 15) is 0 Å². The van der Waals surface area contributed by atoms with Gasteiger partial charge in [0.05, 0.1) is 7.11 Å². The van der Waals surface area contributed by atoms with E-state index in [0.717, 1.165) is 18.7 Å². The molecule has 0 heterocycles. The molecular weight excluding hydrogens is 186 g/mol. The number of rotatable bonds is 4. The highest BCUT2D eigenvalue weighted by atomic mass is 16.5. The molecule has 1 fully saturated rings. The second kappa shape index (κ2) is 3.86. The van der Waals surface area contributed by atoms with Crippen LogP contribution < -0.4 is 10.5 Å². The van der Waals surface area contributed by atoms with Crippen molar-refractivity contribution in [3.63, 3.8) is 0 Å². The Labute approximate surface area is 91.4 Å². The van der Waals surface area contributed by atoms with E-state index in [2.05, 4.69) is 19.1 Å². The van der Waals surface area contributed by atoms with Crippen LogP contribution in [0.4, 0.5) is 0 Å². The second-order valence-electron chi connectivity index (χ2n) is 4.45. The summed E-state index contributed by atoms with van der Waals surface area (Å²) in [5.74, 6) is 0.996. The van der Waals surface area contributed by atoms with Crippen LogP contribution in [0.15, 0.2) is 18.2 Å². The van der Waals surface area contributed by atoms with Crippen molar-refractivity contribution in [1.82, 2.24) is 0 Å². The molecule has 0 radical (unpaired) electrons. The van der Waals surface area contributed by atoms with Crippen LogP contribution in [0.5, 0.6) is 5.75 Å². The van der Waals surface area contributed by atoms with Gasteiger partial charge in [-0.2, -0.15) is 0 Å². The number of nitrogens with two attached hydrogens (primary N) is 1. The fourth-order valence-corrected chi connectivity index (χ4v) is 2.49. The highest BCUT2D eigenvalue weighted by Crippen LogP contribution is 2.52. The van der Waals surface area contributed by atoms with E-state index in [0.29, 0.717) is 5.41 Å². The second-order valence-corrected chi connectivity index (χ2v) is 4.45. The molecule has 0 aromatic heterocycles. The summed E-state index contributed by atoms with van der Waals surface area (Å²) in [6, 6.07) is 6.33. The summed E-state index contributed by atoms with van der Waals surface area (Å²) in [5, 5.41) is 0. The lowest BCUT2D eigenvalue weighted by Gasteiger charge is -2.19. The lowest BCUT2D eigenvalue weighted by Crippen LogP contribution is -2.14. The summed E-state index contributed by atoms with van der Waals surface area (Å²) < 4.78 is 5.36. The van der Waals surface area contributed by atoms with Gasteiger partial charge in [-0.15, -0.1) is 0 Å². The molecule has 0 bridgehead atoms. The molecule has 2 N–H and O–H groups in total. The summed E-state index contributed by atoms with van der Waals surface area (Å²) in [6.45, 7) is 2.92. The predicted molar refractivity (Wildman–Crippen MR) is 62.3 cm³/mol. The Morgan fingerprint density at radius 1 is 1.40 bits per heavy atom. The van der Waals surface area contributed by atoms with Crippen LogP contribution in [-0.4, -0.2) is 13.7 Å². The Kier molecular flexibility index (Phi) is 2.70. The van der Waals surface area contributed by atoms with Crippen LogP contribution in [0.2, 0.25) is 0 Å². The Balaban J connectivity index is 2.36. The minimum atomic E-state index is 0.368. The van der Waals surface area contributed by atoms with Gasteiger partial charge in [-0.25, -0.2) is 0 Å². The number of hydrogen-bond acceptors (Lipinski definition) is 2. The molecular formula is C13H19NO. The summed E-state index contributed by atoms with van der Waals surface area (Å²) in [7, 11) is 1.73. The highest BCUT2D eigenvalue weighted by molar-refractivity contribution is 5.45. The number of ether oxygens (including phenoxy) is 1. The van der Waals surface area contributed by atoms with E-state index in [1.54, 1.807) is 7.11 Å². The molecule has 0 atom stereocenters. The van der Waals surface area contributed by atoms with Gasteiger partial charge >= 0.3 is 0 Å². The summed E-state index contributed by atoms with van der Waals surface area (Å²) in [4.78, 5) is 0. The van der Waals surface area contributed by atoms with Gasteiger partial charge in [-0.1, -0.05) is 12.1 Å². The molecule has 2 heteroatoms. The van der Waals surface area contributed by atoms with Crippen molar-refractivity contribution in [1.29, 1.82) is 0 Å². The molecule has 0 saturated heterocycles. The molecule has 1 saturated carbocycles. The van der Waals surface area contributed by atoms with Gasteiger partial charge in [0.1, 0.15) is 5.75 Å². The highest BCUT2D eigenvalue weighted by Gasteiger charge is 2.44. The summed E-state index contributed by atoms with van der Waals surface area (Å²) in [5.41, 5.74) is 8.77. The third-order valence-corrected chi connectivity index (χ3v) is 3.55. The molecule has 1 aromatic rings. The first-order valence-electron chi connectivity index (χ1n) is 5.58. The lowest BCUT2D eigenvalue weighted by atomic mass is 9.88. The van der Waals surface area contributed by atoms with Gasteiger partial charge < -0.3 is 10.5 Å². The molecule has 82 valence electrons. The van der Waals surface area contributed by atoms with Crippen molar-refractivity contribution in [3.05, 3.63) is 29.3 Å². The minimum absolute atomic E-state index is 0.368. The molecule has 1 aliphatic rings. The first-order valence-corrected chi connectivity index (χ1v) is 5.58. The Morgan fingerprint density at radius 2 is 2.13 bits per heavy atom. The average Bonchev–Trinajstić information content (AvgIpc) is 3.00. The van der Waals surface area contributed by atoms with Gasteiger partial charge in [-0.3, -0.25) is 0 Å². The van der Waals surface area contributed by atoms with Crippen LogP contribution in [0, 0.1) is 6.92 Å². The van der Waals surface area contributed by atoms with E-state index in [1.807, 2.05) is 6.07 Å². The lowest BCUT2D eigenvalue weighted by molar-refractivity contribution is 0.410. The molecule has 1 aromatic carbocycles. The molecule has 2 nitrogen and oxygen atoms in total. The van der Waals surface area contributed by atoms with Gasteiger partial charge in [0.25, 0.3) is 0 Å². The molecule has 0 spiro atoms. The first kappa shape index (κ1) is 10.5. The largest absolute Gasteiger partial charge is 0.496 e. The van der Waals surface area contributed by atoms with E-state index in [4.69, 9.17) is 10.5 Å². The van der Waals surface area contributed by atoms with E-state index in [-0.39, 0.29) is 0 Å². The third-order valence-electron chi connectivity index (χ3n) is 3.55. The van der Waals surface area contributed by atoms with Gasteiger partial charge in [0.15, 0.2) is 0 Å².